The van der Waals surface area contributed by atoms with Gasteiger partial charge in [-0.3, -0.25) is 19.7 Å². The molecule has 2 heterocycles. The highest BCUT2D eigenvalue weighted by molar-refractivity contribution is 5.96. The lowest BCUT2D eigenvalue weighted by molar-refractivity contribution is -0.385. The van der Waals surface area contributed by atoms with Crippen LogP contribution in [0.15, 0.2) is 47.1 Å². The molecule has 2 aromatic rings. The van der Waals surface area contributed by atoms with Gasteiger partial charge in [0.1, 0.15) is 5.76 Å². The van der Waals surface area contributed by atoms with Gasteiger partial charge in [0.2, 0.25) is 5.91 Å². The number of rotatable bonds is 6. The fourth-order valence-electron chi connectivity index (χ4n) is 3.40. The second-order valence-electron chi connectivity index (χ2n) is 7.03. The topological polar surface area (TPSA) is 106 Å². The summed E-state index contributed by atoms with van der Waals surface area (Å²) in [6, 6.07) is 8.03. The van der Waals surface area contributed by atoms with E-state index in [4.69, 9.17) is 4.42 Å². The van der Waals surface area contributed by atoms with E-state index in [-0.39, 0.29) is 23.4 Å². The molecule has 8 heteroatoms. The zero-order valence-corrected chi connectivity index (χ0v) is 16.2. The third kappa shape index (κ3) is 5.10. The van der Waals surface area contributed by atoms with E-state index in [1.165, 1.54) is 18.2 Å². The maximum absolute atomic E-state index is 12.4. The van der Waals surface area contributed by atoms with E-state index < -0.39 is 4.92 Å². The Bertz CT molecular complexity index is 912. The maximum atomic E-state index is 12.4. The minimum atomic E-state index is -0.487. The summed E-state index contributed by atoms with van der Waals surface area (Å²) in [7, 11) is 0. The van der Waals surface area contributed by atoms with Crippen LogP contribution in [0.4, 0.5) is 5.69 Å². The molecule has 0 unspecified atom stereocenters. The summed E-state index contributed by atoms with van der Waals surface area (Å²) in [5.74, 6) is 0.519. The van der Waals surface area contributed by atoms with Crippen LogP contribution in [-0.2, 0) is 4.79 Å². The van der Waals surface area contributed by atoms with Gasteiger partial charge in [0.05, 0.1) is 11.2 Å². The van der Waals surface area contributed by atoms with Crippen molar-refractivity contribution in [1.82, 2.24) is 10.2 Å². The molecular formula is C21H23N3O5. The Hall–Kier alpha value is -3.42. The highest BCUT2D eigenvalue weighted by atomic mass is 16.6. The first kappa shape index (κ1) is 20.3. The number of hydrogen-bond donors (Lipinski definition) is 1. The van der Waals surface area contributed by atoms with Gasteiger partial charge in [0.25, 0.3) is 11.6 Å². The van der Waals surface area contributed by atoms with Crippen molar-refractivity contribution >= 4 is 23.6 Å². The number of carbonyl (C=O) groups excluding carboxylic acids is 2. The number of carbonyl (C=O) groups is 2. The van der Waals surface area contributed by atoms with Gasteiger partial charge in [-0.15, -0.1) is 0 Å². The predicted octanol–water partition coefficient (Wildman–Crippen LogP) is 3.18. The van der Waals surface area contributed by atoms with Crippen molar-refractivity contribution in [2.75, 3.05) is 19.6 Å². The number of furan rings is 1. The second kappa shape index (κ2) is 9.18. The molecule has 3 rings (SSSR count). The summed E-state index contributed by atoms with van der Waals surface area (Å²) in [4.78, 5) is 37.0. The number of hydrogen-bond acceptors (Lipinski definition) is 5. The zero-order chi connectivity index (χ0) is 20.8. The van der Waals surface area contributed by atoms with Gasteiger partial charge in [0, 0.05) is 42.9 Å². The number of nitro benzene ring substituents is 1. The van der Waals surface area contributed by atoms with Gasteiger partial charge >= 0.3 is 0 Å². The maximum Gasteiger partial charge on any atom is 0.273 e. The molecule has 8 nitrogen and oxygen atoms in total. The number of piperidine rings is 1. The monoisotopic (exact) mass is 397 g/mol. The van der Waals surface area contributed by atoms with Crippen LogP contribution < -0.4 is 5.32 Å². The molecule has 0 aliphatic carbocycles. The summed E-state index contributed by atoms with van der Waals surface area (Å²) in [5.41, 5.74) is 0.612. The van der Waals surface area contributed by atoms with Crippen molar-refractivity contribution in [3.8, 4) is 0 Å². The first-order valence-corrected chi connectivity index (χ1v) is 9.48. The summed E-state index contributed by atoms with van der Waals surface area (Å²) in [6.45, 7) is 3.30. The quantitative estimate of drug-likeness (QED) is 0.458. The molecule has 1 aliphatic rings. The van der Waals surface area contributed by atoms with Crippen LogP contribution >= 0.6 is 0 Å². The van der Waals surface area contributed by atoms with E-state index in [0.29, 0.717) is 36.5 Å². The van der Waals surface area contributed by atoms with Gasteiger partial charge in [0.15, 0.2) is 0 Å². The molecular weight excluding hydrogens is 374 g/mol. The Morgan fingerprint density at radius 1 is 1.28 bits per heavy atom. The van der Waals surface area contributed by atoms with E-state index in [0.717, 1.165) is 12.8 Å². The minimum absolute atomic E-state index is 0.0592. The zero-order valence-electron chi connectivity index (χ0n) is 16.2. The first-order valence-electron chi connectivity index (χ1n) is 9.48. The van der Waals surface area contributed by atoms with Crippen LogP contribution in [0.1, 0.15) is 34.5 Å². The van der Waals surface area contributed by atoms with Gasteiger partial charge < -0.3 is 14.6 Å². The Balaban J connectivity index is 1.48. The molecule has 1 saturated heterocycles. The van der Waals surface area contributed by atoms with Gasteiger partial charge in [-0.1, -0.05) is 6.07 Å². The lowest BCUT2D eigenvalue weighted by Gasteiger charge is -2.31. The number of benzene rings is 1. The van der Waals surface area contributed by atoms with Crippen LogP contribution in [0.25, 0.3) is 6.08 Å². The van der Waals surface area contributed by atoms with E-state index in [9.17, 15) is 19.7 Å². The van der Waals surface area contributed by atoms with Crippen molar-refractivity contribution in [2.45, 2.75) is 19.8 Å². The molecule has 1 N–H and O–H groups in total. The van der Waals surface area contributed by atoms with Crippen LogP contribution in [-0.4, -0.2) is 41.3 Å². The molecule has 0 saturated carbocycles. The molecule has 0 spiro atoms. The van der Waals surface area contributed by atoms with Crippen molar-refractivity contribution in [2.24, 2.45) is 5.92 Å². The highest BCUT2D eigenvalue weighted by Gasteiger charge is 2.23. The first-order chi connectivity index (χ1) is 14.0. The van der Waals surface area contributed by atoms with E-state index in [1.807, 2.05) is 0 Å². The predicted molar refractivity (Wildman–Crippen MR) is 107 cm³/mol. The van der Waals surface area contributed by atoms with Crippen molar-refractivity contribution < 1.29 is 18.9 Å². The SMILES string of the molecule is Cc1c(C(=O)NCC2CCN(C(=O)/C=C/c3ccco3)CC2)cccc1[N+](=O)[O-]. The molecule has 1 aromatic carbocycles. The number of nitro groups is 1. The Labute approximate surface area is 168 Å². The Morgan fingerprint density at radius 3 is 2.69 bits per heavy atom. The second-order valence-corrected chi connectivity index (χ2v) is 7.03. The number of nitrogens with zero attached hydrogens (tertiary/aromatic N) is 2. The number of amides is 2. The normalized spacial score (nSPS) is 14.9. The molecule has 29 heavy (non-hydrogen) atoms. The van der Waals surface area contributed by atoms with Crippen LogP contribution in [0, 0.1) is 23.0 Å². The van der Waals surface area contributed by atoms with Crippen LogP contribution in [0.2, 0.25) is 0 Å². The lowest BCUT2D eigenvalue weighted by Crippen LogP contribution is -2.41. The molecule has 1 fully saturated rings. The molecule has 2 amide bonds. The van der Waals surface area contributed by atoms with Gasteiger partial charge in [-0.05, 0) is 50.0 Å². The summed E-state index contributed by atoms with van der Waals surface area (Å²) >= 11 is 0. The molecule has 1 aromatic heterocycles. The smallest absolute Gasteiger partial charge is 0.273 e. The minimum Gasteiger partial charge on any atom is -0.465 e. The average Bonchev–Trinajstić information content (AvgIpc) is 3.24. The fourth-order valence-corrected chi connectivity index (χ4v) is 3.40. The number of likely N-dealkylation sites (tertiary alicyclic amines) is 1. The molecule has 0 radical (unpaired) electrons. The Morgan fingerprint density at radius 2 is 2.03 bits per heavy atom. The van der Waals surface area contributed by atoms with E-state index in [1.54, 1.807) is 42.4 Å². The van der Waals surface area contributed by atoms with Crippen LogP contribution in [0.3, 0.4) is 0 Å². The third-order valence-corrected chi connectivity index (χ3v) is 5.16. The van der Waals surface area contributed by atoms with E-state index in [2.05, 4.69) is 5.32 Å². The lowest BCUT2D eigenvalue weighted by atomic mass is 9.96. The highest BCUT2D eigenvalue weighted by Crippen LogP contribution is 2.22. The van der Waals surface area contributed by atoms with Crippen molar-refractivity contribution in [1.29, 1.82) is 0 Å². The fraction of sp³-hybridized carbons (Fsp3) is 0.333. The summed E-state index contributed by atoms with van der Waals surface area (Å²) in [5, 5.41) is 13.9. The molecule has 1 aliphatic heterocycles. The van der Waals surface area contributed by atoms with Crippen molar-refractivity contribution in [3.63, 3.8) is 0 Å². The van der Waals surface area contributed by atoms with Crippen LogP contribution in [0.5, 0.6) is 0 Å². The van der Waals surface area contributed by atoms with Gasteiger partial charge in [-0.25, -0.2) is 0 Å². The Kier molecular flexibility index (Phi) is 6.43. The standard InChI is InChI=1S/C21H23N3O5/c1-15-18(5-2-6-19(15)24(27)28)21(26)22-14-16-9-11-23(12-10-16)20(25)8-7-17-4-3-13-29-17/h2-8,13,16H,9-12,14H2,1H3,(H,22,26)/b8-7+. The largest absolute Gasteiger partial charge is 0.465 e. The number of nitrogens with one attached hydrogen (secondary N) is 1. The third-order valence-electron chi connectivity index (χ3n) is 5.16. The summed E-state index contributed by atoms with van der Waals surface area (Å²) in [6.07, 6.45) is 6.28. The average molecular weight is 397 g/mol. The molecule has 152 valence electrons. The molecule has 0 atom stereocenters. The molecule has 0 bridgehead atoms. The van der Waals surface area contributed by atoms with Gasteiger partial charge in [-0.2, -0.15) is 0 Å². The van der Waals surface area contributed by atoms with E-state index >= 15 is 0 Å². The van der Waals surface area contributed by atoms with Crippen molar-refractivity contribution in [3.05, 3.63) is 69.7 Å². The summed E-state index contributed by atoms with van der Waals surface area (Å²) < 4.78 is 5.17.